The van der Waals surface area contributed by atoms with Gasteiger partial charge in [0.25, 0.3) is 0 Å². The Kier molecular flexibility index (Phi) is 4.60. The molecule has 0 spiro atoms. The predicted octanol–water partition coefficient (Wildman–Crippen LogP) is 1.57. The van der Waals surface area contributed by atoms with Gasteiger partial charge in [0, 0.05) is 12.6 Å². The maximum atomic E-state index is 13.6. The van der Waals surface area contributed by atoms with Crippen LogP contribution in [0, 0.1) is 11.7 Å². The van der Waals surface area contributed by atoms with E-state index in [4.69, 9.17) is 10.5 Å². The Morgan fingerprint density at radius 3 is 2.85 bits per heavy atom. The molecule has 0 aromatic heterocycles. The van der Waals surface area contributed by atoms with E-state index in [9.17, 15) is 9.18 Å². The molecular formula is C15H21FN2O2. The maximum absolute atomic E-state index is 13.6. The zero-order chi connectivity index (χ0) is 14.7. The Balaban J connectivity index is 2.03. The number of likely N-dealkylation sites (tertiary alicyclic amines) is 1. The first-order chi connectivity index (χ1) is 9.55. The van der Waals surface area contributed by atoms with Crippen molar-refractivity contribution >= 4 is 5.91 Å². The van der Waals surface area contributed by atoms with Crippen LogP contribution in [0.5, 0.6) is 5.75 Å². The summed E-state index contributed by atoms with van der Waals surface area (Å²) in [7, 11) is 1.42. The fourth-order valence-corrected chi connectivity index (χ4v) is 2.76. The van der Waals surface area contributed by atoms with Gasteiger partial charge in [-0.3, -0.25) is 4.79 Å². The monoisotopic (exact) mass is 280 g/mol. The lowest BCUT2D eigenvalue weighted by molar-refractivity contribution is -0.131. The normalized spacial score (nSPS) is 22.1. The Bertz CT molecular complexity index is 493. The van der Waals surface area contributed by atoms with Crippen molar-refractivity contribution in [3.05, 3.63) is 29.6 Å². The summed E-state index contributed by atoms with van der Waals surface area (Å²) in [6.45, 7) is 3.34. The van der Waals surface area contributed by atoms with Gasteiger partial charge in [0.2, 0.25) is 5.91 Å². The molecule has 1 aliphatic rings. The molecule has 0 aliphatic carbocycles. The first kappa shape index (κ1) is 14.8. The summed E-state index contributed by atoms with van der Waals surface area (Å²) in [5, 5.41) is 0. The van der Waals surface area contributed by atoms with Gasteiger partial charge in [-0.15, -0.1) is 0 Å². The standard InChI is InChI=1S/C15H21FN2O2/c1-10-5-12(8-17)9-18(10)15(19)7-11-3-4-14(20-2)13(16)6-11/h3-4,6,10,12H,5,7-9,17H2,1-2H3. The summed E-state index contributed by atoms with van der Waals surface area (Å²) in [6.07, 6.45) is 1.15. The van der Waals surface area contributed by atoms with Crippen molar-refractivity contribution in [1.29, 1.82) is 0 Å². The number of methoxy groups -OCH3 is 1. The van der Waals surface area contributed by atoms with Crippen molar-refractivity contribution < 1.29 is 13.9 Å². The van der Waals surface area contributed by atoms with E-state index in [0.29, 0.717) is 24.6 Å². The number of carbonyl (C=O) groups excluding carboxylic acids is 1. The second-order valence-electron chi connectivity index (χ2n) is 5.38. The summed E-state index contributed by atoms with van der Waals surface area (Å²) < 4.78 is 18.5. The highest BCUT2D eigenvalue weighted by atomic mass is 19.1. The lowest BCUT2D eigenvalue weighted by atomic mass is 10.1. The van der Waals surface area contributed by atoms with Crippen LogP contribution in [-0.4, -0.2) is 37.0 Å². The average Bonchev–Trinajstić information content (AvgIpc) is 2.80. The van der Waals surface area contributed by atoms with Crippen LogP contribution >= 0.6 is 0 Å². The highest BCUT2D eigenvalue weighted by Crippen LogP contribution is 2.24. The largest absolute Gasteiger partial charge is 0.494 e. The minimum absolute atomic E-state index is 0.0259. The van der Waals surface area contributed by atoms with Crippen LogP contribution < -0.4 is 10.5 Å². The number of nitrogens with two attached hydrogens (primary N) is 1. The molecule has 0 saturated carbocycles. The molecule has 1 aromatic rings. The van der Waals surface area contributed by atoms with Crippen molar-refractivity contribution in [1.82, 2.24) is 4.90 Å². The van der Waals surface area contributed by atoms with Gasteiger partial charge in [0.05, 0.1) is 13.5 Å². The number of amides is 1. The van der Waals surface area contributed by atoms with E-state index in [0.717, 1.165) is 6.42 Å². The number of ether oxygens (including phenoxy) is 1. The quantitative estimate of drug-likeness (QED) is 0.911. The smallest absolute Gasteiger partial charge is 0.227 e. The molecule has 2 atom stereocenters. The summed E-state index contributed by atoms with van der Waals surface area (Å²) >= 11 is 0. The number of benzene rings is 1. The van der Waals surface area contributed by atoms with Gasteiger partial charge in [-0.25, -0.2) is 4.39 Å². The minimum atomic E-state index is -0.438. The van der Waals surface area contributed by atoms with Crippen molar-refractivity contribution in [2.45, 2.75) is 25.8 Å². The highest BCUT2D eigenvalue weighted by molar-refractivity contribution is 5.79. The lowest BCUT2D eigenvalue weighted by Crippen LogP contribution is -2.35. The Morgan fingerprint density at radius 1 is 1.55 bits per heavy atom. The number of hydrogen-bond donors (Lipinski definition) is 1. The molecule has 110 valence electrons. The Labute approximate surface area is 118 Å². The first-order valence-electron chi connectivity index (χ1n) is 6.87. The van der Waals surface area contributed by atoms with Crippen LogP contribution in [0.3, 0.4) is 0 Å². The van der Waals surface area contributed by atoms with Gasteiger partial charge in [0.15, 0.2) is 11.6 Å². The zero-order valence-corrected chi connectivity index (χ0v) is 11.9. The molecular weight excluding hydrogens is 259 g/mol. The van der Waals surface area contributed by atoms with Crippen molar-refractivity contribution in [3.8, 4) is 5.75 Å². The van der Waals surface area contributed by atoms with Crippen LogP contribution in [0.25, 0.3) is 0 Å². The molecule has 1 fully saturated rings. The molecule has 0 bridgehead atoms. The van der Waals surface area contributed by atoms with Crippen LogP contribution in [0.1, 0.15) is 18.9 Å². The third kappa shape index (κ3) is 3.10. The average molecular weight is 280 g/mol. The molecule has 4 nitrogen and oxygen atoms in total. The summed E-state index contributed by atoms with van der Waals surface area (Å²) in [4.78, 5) is 14.1. The molecule has 1 amide bonds. The summed E-state index contributed by atoms with van der Waals surface area (Å²) in [6, 6.07) is 4.84. The van der Waals surface area contributed by atoms with Gasteiger partial charge in [-0.2, -0.15) is 0 Å². The van der Waals surface area contributed by atoms with E-state index in [1.54, 1.807) is 12.1 Å². The molecule has 2 unspecified atom stereocenters. The van der Waals surface area contributed by atoms with Crippen LogP contribution in [0.2, 0.25) is 0 Å². The van der Waals surface area contributed by atoms with Gasteiger partial charge < -0.3 is 15.4 Å². The predicted molar refractivity (Wildman–Crippen MR) is 75.0 cm³/mol. The maximum Gasteiger partial charge on any atom is 0.227 e. The van der Waals surface area contributed by atoms with Gasteiger partial charge in [-0.05, 0) is 43.5 Å². The molecule has 0 radical (unpaired) electrons. The van der Waals surface area contributed by atoms with Crippen molar-refractivity contribution in [2.75, 3.05) is 20.2 Å². The van der Waals surface area contributed by atoms with Crippen LogP contribution in [-0.2, 0) is 11.2 Å². The van der Waals surface area contributed by atoms with E-state index in [2.05, 4.69) is 0 Å². The van der Waals surface area contributed by atoms with Crippen molar-refractivity contribution in [2.24, 2.45) is 11.7 Å². The third-order valence-electron chi connectivity index (χ3n) is 3.89. The Hall–Kier alpha value is -1.62. The van der Waals surface area contributed by atoms with Crippen LogP contribution in [0.4, 0.5) is 4.39 Å². The zero-order valence-electron chi connectivity index (χ0n) is 11.9. The van der Waals surface area contributed by atoms with E-state index in [1.165, 1.54) is 13.2 Å². The van der Waals surface area contributed by atoms with E-state index >= 15 is 0 Å². The molecule has 1 saturated heterocycles. The number of halogens is 1. The number of carbonyl (C=O) groups is 1. The number of hydrogen-bond acceptors (Lipinski definition) is 3. The van der Waals surface area contributed by atoms with Gasteiger partial charge in [0.1, 0.15) is 0 Å². The second-order valence-corrected chi connectivity index (χ2v) is 5.38. The molecule has 1 aromatic carbocycles. The van der Waals surface area contributed by atoms with Crippen LogP contribution in [0.15, 0.2) is 18.2 Å². The molecule has 2 rings (SSSR count). The minimum Gasteiger partial charge on any atom is -0.494 e. The summed E-state index contributed by atoms with van der Waals surface area (Å²) in [5.41, 5.74) is 6.32. The molecule has 1 heterocycles. The SMILES string of the molecule is COc1ccc(CC(=O)N2CC(CN)CC2C)cc1F. The lowest BCUT2D eigenvalue weighted by Gasteiger charge is -2.21. The fourth-order valence-electron chi connectivity index (χ4n) is 2.76. The molecule has 5 heteroatoms. The highest BCUT2D eigenvalue weighted by Gasteiger charge is 2.31. The Morgan fingerprint density at radius 2 is 2.30 bits per heavy atom. The van der Waals surface area contributed by atoms with Crippen molar-refractivity contribution in [3.63, 3.8) is 0 Å². The summed E-state index contributed by atoms with van der Waals surface area (Å²) in [5.74, 6) is 0.158. The molecule has 2 N–H and O–H groups in total. The fraction of sp³-hybridized carbons (Fsp3) is 0.533. The third-order valence-corrected chi connectivity index (χ3v) is 3.89. The number of nitrogens with zero attached hydrogens (tertiary/aromatic N) is 1. The molecule has 1 aliphatic heterocycles. The van der Waals surface area contributed by atoms with E-state index in [-0.39, 0.29) is 24.1 Å². The van der Waals surface area contributed by atoms with Gasteiger partial charge in [-0.1, -0.05) is 6.07 Å². The van der Waals surface area contributed by atoms with Gasteiger partial charge >= 0.3 is 0 Å². The second kappa shape index (κ2) is 6.22. The molecule has 20 heavy (non-hydrogen) atoms. The van der Waals surface area contributed by atoms with E-state index in [1.807, 2.05) is 11.8 Å². The topological polar surface area (TPSA) is 55.6 Å². The number of rotatable bonds is 4. The van der Waals surface area contributed by atoms with E-state index < -0.39 is 5.82 Å². The first-order valence-corrected chi connectivity index (χ1v) is 6.87.